The van der Waals surface area contributed by atoms with Gasteiger partial charge in [0.05, 0.1) is 0 Å². The Morgan fingerprint density at radius 3 is 2.57 bits per heavy atom. The molecule has 0 radical (unpaired) electrons. The molecule has 0 aliphatic heterocycles. The molecule has 2 heteroatoms. The molecule has 0 aliphatic rings. The van der Waals surface area contributed by atoms with Gasteiger partial charge in [-0.25, -0.2) is 0 Å². The van der Waals surface area contributed by atoms with Gasteiger partial charge in [0.15, 0.2) is 0 Å². The Morgan fingerprint density at radius 1 is 1.43 bits per heavy atom. The summed E-state index contributed by atoms with van der Waals surface area (Å²) in [4.78, 5) is 0. The van der Waals surface area contributed by atoms with Crippen LogP contribution in [0.2, 0.25) is 0 Å². The molecule has 0 spiro atoms. The van der Waals surface area contributed by atoms with Crippen molar-refractivity contribution < 1.29 is 0 Å². The van der Waals surface area contributed by atoms with Crippen molar-refractivity contribution in [2.45, 2.75) is 0 Å². The third-order valence-electron chi connectivity index (χ3n) is 0.456. The van der Waals surface area contributed by atoms with E-state index in [1.54, 1.807) is 12.2 Å². The van der Waals surface area contributed by atoms with Crippen LogP contribution in [0.3, 0.4) is 0 Å². The summed E-state index contributed by atoms with van der Waals surface area (Å²) in [5.74, 6) is 0. The first-order valence-corrected chi connectivity index (χ1v) is 2.47. The van der Waals surface area contributed by atoms with Crippen LogP contribution in [0.25, 0.3) is 0 Å². The highest BCUT2D eigenvalue weighted by atomic mass is 35.5. The molecule has 0 amide bonds. The maximum atomic E-state index is 5.16. The Bertz CT molecular complexity index is 76.1. The molecule has 0 bridgehead atoms. The normalized spacial score (nSPS) is 11.7. The summed E-state index contributed by atoms with van der Waals surface area (Å²) in [6.07, 6.45) is 5.33. The van der Waals surface area contributed by atoms with Crippen LogP contribution in [0.15, 0.2) is 23.8 Å². The number of hydrogen-bond acceptors (Lipinski definition) is 1. The van der Waals surface area contributed by atoms with Crippen molar-refractivity contribution in [3.05, 3.63) is 23.8 Å². The number of allylic oxidation sites excluding steroid dienone is 2. The highest BCUT2D eigenvalue weighted by Gasteiger charge is 1.58. The minimum Gasteiger partial charge on any atom is -0.327 e. The highest BCUT2D eigenvalue weighted by Crippen LogP contribution is 1.78. The second-order valence-electron chi connectivity index (χ2n) is 0.982. The molecule has 0 aromatic carbocycles. The molecule has 0 fully saturated rings. The van der Waals surface area contributed by atoms with Crippen LogP contribution >= 0.6 is 11.6 Å². The van der Waals surface area contributed by atoms with E-state index in [1.165, 1.54) is 5.54 Å². The highest BCUT2D eigenvalue weighted by molar-refractivity contribution is 6.25. The van der Waals surface area contributed by atoms with E-state index < -0.39 is 0 Å². The smallest absolute Gasteiger partial charge is 0.0109 e. The Labute approximate surface area is 48.5 Å². The van der Waals surface area contributed by atoms with Crippen LogP contribution in [-0.2, 0) is 0 Å². The molecule has 0 saturated carbocycles. The van der Waals surface area contributed by atoms with Gasteiger partial charge in [-0.05, 0) is 0 Å². The van der Waals surface area contributed by atoms with Gasteiger partial charge in [-0.2, -0.15) is 0 Å². The zero-order valence-electron chi connectivity index (χ0n) is 3.97. The number of rotatable bonds is 2. The molecule has 2 N–H and O–H groups in total. The molecule has 1 nitrogen and oxygen atoms in total. The summed E-state index contributed by atoms with van der Waals surface area (Å²) >= 11 is 5.16. The Kier molecular flexibility index (Phi) is 5.51. The van der Waals surface area contributed by atoms with Gasteiger partial charge in [-0.1, -0.05) is 29.8 Å². The van der Waals surface area contributed by atoms with Crippen molar-refractivity contribution in [1.82, 2.24) is 0 Å². The van der Waals surface area contributed by atoms with E-state index >= 15 is 0 Å². The predicted octanol–water partition coefficient (Wildman–Crippen LogP) is 1.25. The zero-order chi connectivity index (χ0) is 5.54. The lowest BCUT2D eigenvalue weighted by molar-refractivity contribution is 1.25. The maximum absolute atomic E-state index is 5.16. The summed E-state index contributed by atoms with van der Waals surface area (Å²) in [5, 5.41) is 0. The third kappa shape index (κ3) is 5.73. The summed E-state index contributed by atoms with van der Waals surface area (Å²) in [7, 11) is 0. The maximum Gasteiger partial charge on any atom is 0.0109 e. The van der Waals surface area contributed by atoms with E-state index in [0.717, 1.165) is 0 Å². The topological polar surface area (TPSA) is 26.0 Å². The zero-order valence-corrected chi connectivity index (χ0v) is 4.73. The minimum absolute atomic E-state index is 0.571. The fourth-order valence-electron chi connectivity index (χ4n) is 0.199. The van der Waals surface area contributed by atoms with E-state index in [4.69, 9.17) is 17.3 Å². The second kappa shape index (κ2) is 5.73. The molecule has 7 heavy (non-hydrogen) atoms. The molecule has 40 valence electrons. The minimum atomic E-state index is 0.571. The molecule has 0 heterocycles. The van der Waals surface area contributed by atoms with E-state index in [-0.39, 0.29) is 0 Å². The van der Waals surface area contributed by atoms with Gasteiger partial charge in [0.1, 0.15) is 0 Å². The number of nitrogens with two attached hydrogens (primary N) is 1. The first-order chi connectivity index (χ1) is 3.41. The van der Waals surface area contributed by atoms with E-state index in [9.17, 15) is 0 Å². The first-order valence-electron chi connectivity index (χ1n) is 2.03. The van der Waals surface area contributed by atoms with Crippen molar-refractivity contribution in [2.75, 3.05) is 6.54 Å². The van der Waals surface area contributed by atoms with Crippen molar-refractivity contribution in [3.8, 4) is 0 Å². The molecular formula is C5H8ClN. The molecule has 0 aliphatic carbocycles. The quantitative estimate of drug-likeness (QED) is 0.542. The van der Waals surface area contributed by atoms with Gasteiger partial charge >= 0.3 is 0 Å². The number of halogens is 1. The van der Waals surface area contributed by atoms with Crippen LogP contribution in [0.5, 0.6) is 0 Å². The van der Waals surface area contributed by atoms with E-state index in [0.29, 0.717) is 6.54 Å². The average Bonchev–Trinajstić information content (AvgIpc) is 1.69. The Balaban J connectivity index is 3.09. The lowest BCUT2D eigenvalue weighted by Crippen LogP contribution is -1.91. The van der Waals surface area contributed by atoms with Crippen molar-refractivity contribution in [1.29, 1.82) is 0 Å². The summed E-state index contributed by atoms with van der Waals surface area (Å²) in [6.45, 7) is 0.571. The van der Waals surface area contributed by atoms with Gasteiger partial charge in [0.25, 0.3) is 0 Å². The summed E-state index contributed by atoms with van der Waals surface area (Å²) < 4.78 is 0. The van der Waals surface area contributed by atoms with Gasteiger partial charge in [-0.3, -0.25) is 0 Å². The Hall–Kier alpha value is -0.270. The van der Waals surface area contributed by atoms with Crippen molar-refractivity contribution in [2.24, 2.45) is 5.73 Å². The van der Waals surface area contributed by atoms with Crippen LogP contribution < -0.4 is 5.73 Å². The van der Waals surface area contributed by atoms with Gasteiger partial charge < -0.3 is 5.73 Å². The largest absolute Gasteiger partial charge is 0.327 e. The molecule has 0 aromatic heterocycles. The van der Waals surface area contributed by atoms with Gasteiger partial charge in [-0.15, -0.1) is 0 Å². The van der Waals surface area contributed by atoms with Crippen molar-refractivity contribution in [3.63, 3.8) is 0 Å². The van der Waals surface area contributed by atoms with Gasteiger partial charge in [0.2, 0.25) is 0 Å². The summed E-state index contributed by atoms with van der Waals surface area (Å²) in [6, 6.07) is 0. The second-order valence-corrected chi connectivity index (χ2v) is 1.23. The molecule has 0 atom stereocenters. The molecule has 0 unspecified atom stereocenters. The predicted molar refractivity (Wildman–Crippen MR) is 33.2 cm³/mol. The molecular weight excluding hydrogens is 110 g/mol. The van der Waals surface area contributed by atoms with E-state index in [1.807, 2.05) is 6.08 Å². The van der Waals surface area contributed by atoms with E-state index in [2.05, 4.69) is 0 Å². The lowest BCUT2D eigenvalue weighted by atomic mass is 10.5. The third-order valence-corrected chi connectivity index (χ3v) is 0.601. The SMILES string of the molecule is NC/C=C\C=C\Cl. The van der Waals surface area contributed by atoms with Crippen LogP contribution in [-0.4, -0.2) is 6.54 Å². The standard InChI is InChI=1S/C5H8ClN/c6-4-2-1-3-5-7/h1-4H,5,7H2/b3-1-,4-2+. The van der Waals surface area contributed by atoms with Crippen LogP contribution in [0, 0.1) is 0 Å². The van der Waals surface area contributed by atoms with Crippen LogP contribution in [0.4, 0.5) is 0 Å². The molecule has 0 rings (SSSR count). The van der Waals surface area contributed by atoms with Crippen LogP contribution in [0.1, 0.15) is 0 Å². The average molecular weight is 118 g/mol. The monoisotopic (exact) mass is 117 g/mol. The fourth-order valence-corrected chi connectivity index (χ4v) is 0.283. The molecule has 0 saturated heterocycles. The lowest BCUT2D eigenvalue weighted by Gasteiger charge is -1.70. The molecule has 0 aromatic rings. The van der Waals surface area contributed by atoms with Gasteiger partial charge in [0, 0.05) is 12.1 Å². The Morgan fingerprint density at radius 2 is 2.14 bits per heavy atom. The van der Waals surface area contributed by atoms with Crippen molar-refractivity contribution >= 4 is 11.6 Å². The fraction of sp³-hybridized carbons (Fsp3) is 0.200. The summed E-state index contributed by atoms with van der Waals surface area (Å²) in [5.41, 5.74) is 6.54. The number of hydrogen-bond donors (Lipinski definition) is 1. The first kappa shape index (κ1) is 6.73.